The van der Waals surface area contributed by atoms with Gasteiger partial charge in [-0.15, -0.1) is 0 Å². The standard InChI is InChI=1S/C13H9F4NO2/c14-11-4-8(7-19)6-18-12(11)20-10-3-1-2-9(5-10)13(15,16)17/h1-6,19H,7H2. The Morgan fingerprint density at radius 2 is 1.95 bits per heavy atom. The Morgan fingerprint density at radius 3 is 2.55 bits per heavy atom. The molecular weight excluding hydrogens is 278 g/mol. The van der Waals surface area contributed by atoms with E-state index in [0.717, 1.165) is 24.3 Å². The summed E-state index contributed by atoms with van der Waals surface area (Å²) in [4.78, 5) is 3.60. The maximum Gasteiger partial charge on any atom is 0.416 e. The number of hydrogen-bond donors (Lipinski definition) is 1. The molecular formula is C13H9F4NO2. The molecule has 0 aliphatic rings. The summed E-state index contributed by atoms with van der Waals surface area (Å²) in [5.41, 5.74) is -0.665. The van der Waals surface area contributed by atoms with Crippen LogP contribution >= 0.6 is 0 Å². The molecule has 0 amide bonds. The van der Waals surface area contributed by atoms with Crippen LogP contribution < -0.4 is 4.74 Å². The van der Waals surface area contributed by atoms with Gasteiger partial charge in [-0.1, -0.05) is 6.07 Å². The first kappa shape index (κ1) is 14.3. The van der Waals surface area contributed by atoms with E-state index in [0.29, 0.717) is 0 Å². The Hall–Kier alpha value is -2.15. The van der Waals surface area contributed by atoms with Crippen molar-refractivity contribution in [2.24, 2.45) is 0 Å². The first-order valence-corrected chi connectivity index (χ1v) is 5.50. The summed E-state index contributed by atoms with van der Waals surface area (Å²) in [6.45, 7) is -0.395. The predicted molar refractivity (Wildman–Crippen MR) is 61.6 cm³/mol. The highest BCUT2D eigenvalue weighted by molar-refractivity contribution is 5.33. The van der Waals surface area contributed by atoms with Crippen LogP contribution in [-0.4, -0.2) is 10.1 Å². The van der Waals surface area contributed by atoms with Crippen LogP contribution in [0.4, 0.5) is 17.6 Å². The molecule has 0 aliphatic heterocycles. The second kappa shape index (κ2) is 5.46. The molecule has 0 saturated carbocycles. The lowest BCUT2D eigenvalue weighted by molar-refractivity contribution is -0.137. The van der Waals surface area contributed by atoms with Gasteiger partial charge in [0.05, 0.1) is 12.2 Å². The van der Waals surface area contributed by atoms with Crippen LogP contribution in [0.1, 0.15) is 11.1 Å². The van der Waals surface area contributed by atoms with E-state index >= 15 is 0 Å². The first-order valence-electron chi connectivity index (χ1n) is 5.50. The largest absolute Gasteiger partial charge is 0.436 e. The number of aliphatic hydroxyl groups is 1. The number of pyridine rings is 1. The average Bonchev–Trinajstić information content (AvgIpc) is 2.40. The number of benzene rings is 1. The molecule has 0 fully saturated rings. The summed E-state index contributed by atoms with van der Waals surface area (Å²) < 4.78 is 56.0. The minimum atomic E-state index is -4.51. The van der Waals surface area contributed by atoms with Crippen molar-refractivity contribution in [3.8, 4) is 11.6 Å². The van der Waals surface area contributed by atoms with Crippen LogP contribution in [-0.2, 0) is 12.8 Å². The quantitative estimate of drug-likeness (QED) is 0.878. The molecule has 0 bridgehead atoms. The summed E-state index contributed by atoms with van der Waals surface area (Å²) in [6.07, 6.45) is -3.34. The first-order chi connectivity index (χ1) is 9.40. The molecule has 20 heavy (non-hydrogen) atoms. The molecule has 1 aromatic carbocycles. The summed E-state index contributed by atoms with van der Waals surface area (Å²) in [5.74, 6) is -1.50. The maximum atomic E-state index is 13.5. The van der Waals surface area contributed by atoms with E-state index in [-0.39, 0.29) is 11.3 Å². The third-order valence-electron chi connectivity index (χ3n) is 2.42. The van der Waals surface area contributed by atoms with Crippen molar-refractivity contribution in [2.45, 2.75) is 12.8 Å². The molecule has 0 saturated heterocycles. The lowest BCUT2D eigenvalue weighted by Crippen LogP contribution is -2.04. The molecule has 2 rings (SSSR count). The molecule has 0 aliphatic carbocycles. The summed E-state index contributed by atoms with van der Waals surface area (Å²) >= 11 is 0. The van der Waals surface area contributed by atoms with Gasteiger partial charge in [0.15, 0.2) is 5.82 Å². The van der Waals surface area contributed by atoms with Gasteiger partial charge in [0.2, 0.25) is 0 Å². The van der Waals surface area contributed by atoms with Crippen molar-refractivity contribution in [3.05, 3.63) is 53.5 Å². The zero-order valence-electron chi connectivity index (χ0n) is 9.99. The lowest BCUT2D eigenvalue weighted by Gasteiger charge is -2.10. The van der Waals surface area contributed by atoms with Crippen LogP contribution in [0.25, 0.3) is 0 Å². The Morgan fingerprint density at radius 1 is 1.20 bits per heavy atom. The number of halogens is 4. The SMILES string of the molecule is OCc1cnc(Oc2cccc(C(F)(F)F)c2)c(F)c1. The molecule has 1 aromatic heterocycles. The van der Waals surface area contributed by atoms with Crippen molar-refractivity contribution in [2.75, 3.05) is 0 Å². The van der Waals surface area contributed by atoms with E-state index < -0.39 is 30.0 Å². The van der Waals surface area contributed by atoms with Gasteiger partial charge in [-0.25, -0.2) is 9.37 Å². The molecule has 0 unspecified atom stereocenters. The number of aliphatic hydroxyl groups excluding tert-OH is 1. The van der Waals surface area contributed by atoms with Gasteiger partial charge in [0.25, 0.3) is 5.88 Å². The third-order valence-corrected chi connectivity index (χ3v) is 2.42. The summed E-state index contributed by atoms with van der Waals surface area (Å²) in [5, 5.41) is 8.80. The van der Waals surface area contributed by atoms with Gasteiger partial charge >= 0.3 is 6.18 Å². The number of alkyl halides is 3. The fourth-order valence-electron chi connectivity index (χ4n) is 1.47. The third kappa shape index (κ3) is 3.24. The predicted octanol–water partition coefficient (Wildman–Crippen LogP) is 3.52. The highest BCUT2D eigenvalue weighted by Gasteiger charge is 2.30. The van der Waals surface area contributed by atoms with E-state index in [1.807, 2.05) is 0 Å². The van der Waals surface area contributed by atoms with Gasteiger partial charge in [-0.2, -0.15) is 13.2 Å². The normalized spacial score (nSPS) is 11.4. The fourth-order valence-corrected chi connectivity index (χ4v) is 1.47. The van der Waals surface area contributed by atoms with Crippen LogP contribution in [0.3, 0.4) is 0 Å². The topological polar surface area (TPSA) is 42.4 Å². The second-order valence-corrected chi connectivity index (χ2v) is 3.92. The van der Waals surface area contributed by atoms with Crippen LogP contribution in [0.2, 0.25) is 0 Å². The Balaban J connectivity index is 2.26. The molecule has 0 atom stereocenters. The zero-order chi connectivity index (χ0) is 14.8. The van der Waals surface area contributed by atoms with Gasteiger partial charge in [0.1, 0.15) is 5.75 Å². The fraction of sp³-hybridized carbons (Fsp3) is 0.154. The van der Waals surface area contributed by atoms with Crippen molar-refractivity contribution in [1.82, 2.24) is 4.98 Å². The monoisotopic (exact) mass is 287 g/mol. The molecule has 106 valence electrons. The number of nitrogens with zero attached hydrogens (tertiary/aromatic N) is 1. The van der Waals surface area contributed by atoms with E-state index in [1.54, 1.807) is 0 Å². The molecule has 3 nitrogen and oxygen atoms in total. The summed E-state index contributed by atoms with van der Waals surface area (Å²) in [7, 11) is 0. The van der Waals surface area contributed by atoms with E-state index in [1.165, 1.54) is 12.3 Å². The van der Waals surface area contributed by atoms with Crippen LogP contribution in [0.5, 0.6) is 11.6 Å². The van der Waals surface area contributed by atoms with Crippen molar-refractivity contribution < 1.29 is 27.4 Å². The van der Waals surface area contributed by atoms with Gasteiger partial charge in [-0.05, 0) is 29.8 Å². The van der Waals surface area contributed by atoms with Crippen LogP contribution in [0, 0.1) is 5.82 Å². The number of hydrogen-bond acceptors (Lipinski definition) is 3. The molecule has 7 heteroatoms. The Bertz CT molecular complexity index is 614. The van der Waals surface area contributed by atoms with E-state index in [2.05, 4.69) is 4.98 Å². The van der Waals surface area contributed by atoms with Crippen molar-refractivity contribution in [3.63, 3.8) is 0 Å². The second-order valence-electron chi connectivity index (χ2n) is 3.92. The number of ether oxygens (including phenoxy) is 1. The van der Waals surface area contributed by atoms with Gasteiger partial charge < -0.3 is 9.84 Å². The van der Waals surface area contributed by atoms with Crippen LogP contribution in [0.15, 0.2) is 36.5 Å². The lowest BCUT2D eigenvalue weighted by atomic mass is 10.2. The van der Waals surface area contributed by atoms with E-state index in [4.69, 9.17) is 9.84 Å². The summed E-state index contributed by atoms with van der Waals surface area (Å²) in [6, 6.07) is 5.04. The molecule has 2 aromatic rings. The molecule has 0 spiro atoms. The molecule has 1 N–H and O–H groups in total. The minimum absolute atomic E-state index is 0.178. The zero-order valence-corrected chi connectivity index (χ0v) is 9.99. The number of rotatable bonds is 3. The van der Waals surface area contributed by atoms with Crippen molar-refractivity contribution in [1.29, 1.82) is 0 Å². The van der Waals surface area contributed by atoms with Gasteiger partial charge in [-0.3, -0.25) is 0 Å². The highest BCUT2D eigenvalue weighted by Crippen LogP contribution is 2.32. The average molecular weight is 287 g/mol. The Labute approximate surface area is 111 Å². The number of aromatic nitrogens is 1. The maximum absolute atomic E-state index is 13.5. The Kier molecular flexibility index (Phi) is 3.89. The van der Waals surface area contributed by atoms with E-state index in [9.17, 15) is 17.6 Å². The minimum Gasteiger partial charge on any atom is -0.436 e. The highest BCUT2D eigenvalue weighted by atomic mass is 19.4. The van der Waals surface area contributed by atoms with Crippen molar-refractivity contribution >= 4 is 0 Å². The van der Waals surface area contributed by atoms with Gasteiger partial charge in [0, 0.05) is 6.20 Å². The smallest absolute Gasteiger partial charge is 0.416 e. The molecule has 1 heterocycles. The molecule has 0 radical (unpaired) electrons.